The van der Waals surface area contributed by atoms with Gasteiger partial charge in [0.1, 0.15) is 5.78 Å². The summed E-state index contributed by atoms with van der Waals surface area (Å²) in [4.78, 5) is 26.3. The van der Waals surface area contributed by atoms with Gasteiger partial charge in [0.15, 0.2) is 30.7 Å². The van der Waals surface area contributed by atoms with Crippen molar-refractivity contribution in [3.8, 4) is 0 Å². The number of carbonyl (C=O) groups excluding carboxylic acids is 2. The normalized spacial score (nSPS) is 17.6. The number of Topliss-reactive ketones (excluding diaryl/α,β-unsaturated/α-hetero) is 1. The van der Waals surface area contributed by atoms with E-state index in [1.165, 1.54) is 0 Å². The van der Waals surface area contributed by atoms with Gasteiger partial charge in [-0.25, -0.2) is 0 Å². The zero-order valence-electron chi connectivity index (χ0n) is 32.1. The van der Waals surface area contributed by atoms with Crippen molar-refractivity contribution in [2.75, 3.05) is 6.61 Å². The summed E-state index contributed by atoms with van der Waals surface area (Å²) in [6.07, 6.45) is 4.38. The van der Waals surface area contributed by atoms with Crippen molar-refractivity contribution in [1.82, 2.24) is 0 Å². The van der Waals surface area contributed by atoms with E-state index >= 15 is 0 Å². The molecule has 5 nitrogen and oxygen atoms in total. The van der Waals surface area contributed by atoms with Crippen molar-refractivity contribution in [1.29, 1.82) is 0 Å². The Morgan fingerprint density at radius 2 is 1.12 bits per heavy atom. The highest BCUT2D eigenvalue weighted by Gasteiger charge is 2.49. The number of allylic oxidation sites excluding steroid dienone is 2. The third-order valence-electron chi connectivity index (χ3n) is 10.9. The molecule has 0 amide bonds. The fourth-order valence-corrected chi connectivity index (χ4v) is 8.45. The fraction of sp³-hybridized carbons (Fsp3) is 0.886. The summed E-state index contributed by atoms with van der Waals surface area (Å²) in [6.45, 7) is 44.3. The van der Waals surface area contributed by atoms with Crippen LogP contribution in [0.5, 0.6) is 0 Å². The smallest absolute Gasteiger partial charge is 0.192 e. The topological polar surface area (TPSA) is 61.8 Å². The molecular weight excluding hydrogens is 585 g/mol. The quantitative estimate of drug-likeness (QED) is 0.122. The average molecular weight is 657 g/mol. The van der Waals surface area contributed by atoms with Gasteiger partial charge in [-0.1, -0.05) is 96.1 Å². The molecule has 8 heteroatoms. The minimum atomic E-state index is -2.19. The SMILES string of the molecule is CC(=O)/C=C/C[C@H](C)[C@H](O[Si](C)(C)C(C)(C)C)[C@@H](C)C(=O)C(C)(C)[C@H](CCO[Si](C)(C)C(C)(C)C)O[Si](C)(C)C(C)(C)C. The van der Waals surface area contributed by atoms with Crippen molar-refractivity contribution < 1.29 is 22.9 Å². The van der Waals surface area contributed by atoms with Crippen LogP contribution in [0.2, 0.25) is 54.4 Å². The molecule has 0 saturated heterocycles. The molecule has 0 aromatic rings. The molecule has 4 atom stereocenters. The molecule has 0 saturated carbocycles. The molecule has 0 heterocycles. The Morgan fingerprint density at radius 3 is 1.51 bits per heavy atom. The van der Waals surface area contributed by atoms with Gasteiger partial charge in [0, 0.05) is 17.9 Å². The first-order valence-corrected chi connectivity index (χ1v) is 25.3. The van der Waals surface area contributed by atoms with Gasteiger partial charge in [0.25, 0.3) is 0 Å². The zero-order chi connectivity index (χ0) is 34.6. The highest BCUT2D eigenvalue weighted by molar-refractivity contribution is 6.75. The standard InChI is InChI=1S/C35H72O5Si3/c1-26(22-21-23-27(2)36)30(40-43(19,20)34(10,11)12)28(3)31(37)35(13,14)29(39-42(17,18)33(7,8)9)24-25-38-41(15,16)32(4,5)6/h21,23,26,28-30H,22,24-25H2,1-20H3/b23-21+/t26-,28+,29-,30-/m0/s1. The zero-order valence-corrected chi connectivity index (χ0v) is 35.1. The van der Waals surface area contributed by atoms with Gasteiger partial charge in [-0.2, -0.15) is 0 Å². The number of rotatable bonds is 16. The molecule has 0 aromatic carbocycles. The van der Waals surface area contributed by atoms with Crippen molar-refractivity contribution in [2.45, 2.75) is 176 Å². The summed E-state index contributed by atoms with van der Waals surface area (Å²) < 4.78 is 20.8. The number of hydrogen-bond donors (Lipinski definition) is 0. The molecular formula is C35H72O5Si3. The molecule has 0 N–H and O–H groups in total. The van der Waals surface area contributed by atoms with Crippen molar-refractivity contribution >= 4 is 36.5 Å². The highest BCUT2D eigenvalue weighted by Crippen LogP contribution is 2.44. The number of carbonyl (C=O) groups is 2. The van der Waals surface area contributed by atoms with Crippen molar-refractivity contribution in [2.24, 2.45) is 17.3 Å². The number of hydrogen-bond acceptors (Lipinski definition) is 5. The summed E-state index contributed by atoms with van der Waals surface area (Å²) in [5, 5.41) is 0.138. The second-order valence-electron chi connectivity index (χ2n) is 18.2. The second kappa shape index (κ2) is 15.0. The van der Waals surface area contributed by atoms with Crippen LogP contribution in [0, 0.1) is 17.3 Å². The van der Waals surface area contributed by atoms with Crippen LogP contribution < -0.4 is 0 Å². The highest BCUT2D eigenvalue weighted by atomic mass is 28.4. The predicted molar refractivity (Wildman–Crippen MR) is 193 cm³/mol. The van der Waals surface area contributed by atoms with E-state index in [0.29, 0.717) is 19.4 Å². The minimum Gasteiger partial charge on any atom is -0.417 e. The average Bonchev–Trinajstić information content (AvgIpc) is 2.78. The maximum Gasteiger partial charge on any atom is 0.192 e. The largest absolute Gasteiger partial charge is 0.417 e. The minimum absolute atomic E-state index is 0.00748. The van der Waals surface area contributed by atoms with E-state index in [9.17, 15) is 9.59 Å². The van der Waals surface area contributed by atoms with Gasteiger partial charge in [-0.3, -0.25) is 9.59 Å². The second-order valence-corrected chi connectivity index (χ2v) is 32.5. The lowest BCUT2D eigenvalue weighted by molar-refractivity contribution is -0.140. The number of ketones is 2. The van der Waals surface area contributed by atoms with E-state index in [-0.39, 0.29) is 50.7 Å². The maximum absolute atomic E-state index is 14.7. The van der Waals surface area contributed by atoms with Crippen LogP contribution in [-0.2, 0) is 22.9 Å². The maximum atomic E-state index is 14.7. The van der Waals surface area contributed by atoms with Crippen LogP contribution in [0.3, 0.4) is 0 Å². The van der Waals surface area contributed by atoms with E-state index in [4.69, 9.17) is 13.3 Å². The lowest BCUT2D eigenvalue weighted by atomic mass is 9.73. The van der Waals surface area contributed by atoms with E-state index in [1.54, 1.807) is 13.0 Å². The Labute approximate surface area is 271 Å². The molecule has 0 unspecified atom stereocenters. The first-order chi connectivity index (χ1) is 18.8. The lowest BCUT2D eigenvalue weighted by Gasteiger charge is -2.47. The van der Waals surface area contributed by atoms with E-state index < -0.39 is 30.4 Å². The van der Waals surface area contributed by atoms with Gasteiger partial charge < -0.3 is 13.3 Å². The Kier molecular flexibility index (Phi) is 14.9. The molecule has 0 aromatic heterocycles. The Bertz CT molecular complexity index is 946. The van der Waals surface area contributed by atoms with E-state index in [1.807, 2.05) is 13.0 Å². The van der Waals surface area contributed by atoms with Gasteiger partial charge in [-0.05, 0) is 86.2 Å². The molecule has 254 valence electrons. The summed E-state index contributed by atoms with van der Waals surface area (Å²) >= 11 is 0. The molecule has 0 rings (SSSR count). The monoisotopic (exact) mass is 656 g/mol. The molecule has 0 radical (unpaired) electrons. The lowest BCUT2D eigenvalue weighted by Crippen LogP contribution is -2.54. The third kappa shape index (κ3) is 12.0. The Hall–Kier alpha value is -0.389. The third-order valence-corrected chi connectivity index (χ3v) is 24.4. The fourth-order valence-electron chi connectivity index (χ4n) is 4.44. The molecule has 0 bridgehead atoms. The molecule has 43 heavy (non-hydrogen) atoms. The molecule has 0 aliphatic carbocycles. The van der Waals surface area contributed by atoms with E-state index in [2.05, 4.69) is 122 Å². The van der Waals surface area contributed by atoms with Crippen LogP contribution in [0.1, 0.15) is 110 Å². The Morgan fingerprint density at radius 1 is 0.698 bits per heavy atom. The van der Waals surface area contributed by atoms with Gasteiger partial charge in [0.05, 0.1) is 12.2 Å². The van der Waals surface area contributed by atoms with Gasteiger partial charge in [0.2, 0.25) is 0 Å². The van der Waals surface area contributed by atoms with Gasteiger partial charge >= 0.3 is 0 Å². The predicted octanol–water partition coefficient (Wildman–Crippen LogP) is 10.6. The molecule has 0 spiro atoms. The van der Waals surface area contributed by atoms with Crippen molar-refractivity contribution in [3.05, 3.63) is 12.2 Å². The summed E-state index contributed by atoms with van der Waals surface area (Å²) in [6, 6.07) is 0. The molecule has 0 fully saturated rings. The summed E-state index contributed by atoms with van der Waals surface area (Å²) in [5.74, 6) is -0.0580. The van der Waals surface area contributed by atoms with Crippen molar-refractivity contribution in [3.63, 3.8) is 0 Å². The van der Waals surface area contributed by atoms with E-state index in [0.717, 1.165) is 0 Å². The van der Waals surface area contributed by atoms with Crippen LogP contribution >= 0.6 is 0 Å². The first kappa shape index (κ1) is 42.6. The molecule has 0 aliphatic rings. The van der Waals surface area contributed by atoms with Crippen LogP contribution in [-0.4, -0.2) is 55.3 Å². The van der Waals surface area contributed by atoms with Crippen LogP contribution in [0.15, 0.2) is 12.2 Å². The first-order valence-electron chi connectivity index (χ1n) is 16.5. The summed E-state index contributed by atoms with van der Waals surface area (Å²) in [7, 11) is -6.33. The van der Waals surface area contributed by atoms with Gasteiger partial charge in [-0.15, -0.1) is 0 Å². The Balaban J connectivity index is 6.58. The summed E-state index contributed by atoms with van der Waals surface area (Å²) in [5.41, 5.74) is -0.740. The molecule has 0 aliphatic heterocycles. The van der Waals surface area contributed by atoms with Crippen LogP contribution in [0.25, 0.3) is 0 Å². The van der Waals surface area contributed by atoms with Crippen LogP contribution in [0.4, 0.5) is 0 Å².